The topological polar surface area (TPSA) is 85.4 Å². The molecule has 30 heavy (non-hydrogen) atoms. The molecule has 154 valence electrons. The van der Waals surface area contributed by atoms with Crippen LogP contribution in [0.25, 0.3) is 10.6 Å². The number of ether oxygens (including phenoxy) is 1. The van der Waals surface area contributed by atoms with Gasteiger partial charge in [-0.05, 0) is 50.2 Å². The molecule has 0 aliphatic rings. The maximum Gasteiger partial charge on any atom is 0.312 e. The molecule has 8 heteroatoms. The highest BCUT2D eigenvalue weighted by atomic mass is 32.1. The predicted molar refractivity (Wildman–Crippen MR) is 112 cm³/mol. The molecular formula is C22H19FN2O4S. The van der Waals surface area contributed by atoms with Crippen LogP contribution in [0.1, 0.15) is 29.9 Å². The summed E-state index contributed by atoms with van der Waals surface area (Å²) in [6.07, 6.45) is -1.11. The number of thiazole rings is 1. The molecule has 1 aromatic heterocycles. The first kappa shape index (κ1) is 21.3. The van der Waals surface area contributed by atoms with Gasteiger partial charge in [0.1, 0.15) is 10.8 Å². The maximum atomic E-state index is 13.4. The van der Waals surface area contributed by atoms with Crippen molar-refractivity contribution in [1.29, 1.82) is 0 Å². The summed E-state index contributed by atoms with van der Waals surface area (Å²) < 4.78 is 18.5. The van der Waals surface area contributed by atoms with Gasteiger partial charge in [-0.15, -0.1) is 11.3 Å². The second-order valence-corrected chi connectivity index (χ2v) is 7.44. The van der Waals surface area contributed by atoms with Crippen LogP contribution in [0.4, 0.5) is 10.1 Å². The summed E-state index contributed by atoms with van der Waals surface area (Å²) in [5.41, 5.74) is 2.14. The first-order valence-corrected chi connectivity index (χ1v) is 10.0. The summed E-state index contributed by atoms with van der Waals surface area (Å²) in [5, 5.41) is 4.92. The fraction of sp³-hybridized carbons (Fsp3) is 0.182. The molecule has 1 amide bonds. The molecule has 1 unspecified atom stereocenters. The van der Waals surface area contributed by atoms with Crippen molar-refractivity contribution in [1.82, 2.24) is 4.98 Å². The molecule has 0 saturated carbocycles. The largest absolute Gasteiger partial charge is 0.452 e. The minimum Gasteiger partial charge on any atom is -0.452 e. The molecule has 0 bridgehead atoms. The number of amides is 1. The Morgan fingerprint density at radius 1 is 1.17 bits per heavy atom. The smallest absolute Gasteiger partial charge is 0.312 e. The van der Waals surface area contributed by atoms with Crippen LogP contribution in [-0.2, 0) is 20.7 Å². The van der Waals surface area contributed by atoms with E-state index in [4.69, 9.17) is 4.74 Å². The third-order valence-corrected chi connectivity index (χ3v) is 5.13. The Bertz CT molecular complexity index is 1080. The molecule has 3 aromatic rings. The van der Waals surface area contributed by atoms with E-state index in [1.54, 1.807) is 41.8 Å². The van der Waals surface area contributed by atoms with Crippen LogP contribution < -0.4 is 5.32 Å². The van der Waals surface area contributed by atoms with E-state index >= 15 is 0 Å². The van der Waals surface area contributed by atoms with Crippen molar-refractivity contribution in [2.45, 2.75) is 26.4 Å². The molecular weight excluding hydrogens is 407 g/mol. The molecule has 1 heterocycles. The lowest BCUT2D eigenvalue weighted by Crippen LogP contribution is -2.30. The van der Waals surface area contributed by atoms with Crippen LogP contribution in [0.3, 0.4) is 0 Å². The first-order valence-electron chi connectivity index (χ1n) is 9.13. The summed E-state index contributed by atoms with van der Waals surface area (Å²) in [7, 11) is 0. The number of carbonyl (C=O) groups is 3. The quantitative estimate of drug-likeness (QED) is 0.451. The zero-order chi connectivity index (χ0) is 21.7. The Hall–Kier alpha value is -3.39. The van der Waals surface area contributed by atoms with Gasteiger partial charge in [0.2, 0.25) is 0 Å². The number of nitrogens with zero attached hydrogens (tertiary/aromatic N) is 1. The molecule has 2 aromatic carbocycles. The summed E-state index contributed by atoms with van der Waals surface area (Å²) in [6.45, 7) is 2.93. The highest BCUT2D eigenvalue weighted by Gasteiger charge is 2.19. The number of aromatic nitrogens is 1. The Kier molecular flexibility index (Phi) is 6.68. The van der Waals surface area contributed by atoms with Crippen LogP contribution in [0, 0.1) is 5.82 Å². The molecule has 0 fully saturated rings. The van der Waals surface area contributed by atoms with Crippen molar-refractivity contribution in [3.05, 3.63) is 71.0 Å². The van der Waals surface area contributed by atoms with Crippen LogP contribution in [-0.4, -0.2) is 28.7 Å². The van der Waals surface area contributed by atoms with Crippen molar-refractivity contribution in [2.75, 3.05) is 5.32 Å². The van der Waals surface area contributed by atoms with Gasteiger partial charge < -0.3 is 10.1 Å². The van der Waals surface area contributed by atoms with E-state index in [2.05, 4.69) is 10.3 Å². The van der Waals surface area contributed by atoms with Crippen molar-refractivity contribution in [3.63, 3.8) is 0 Å². The Morgan fingerprint density at radius 2 is 1.90 bits per heavy atom. The van der Waals surface area contributed by atoms with Crippen molar-refractivity contribution >= 4 is 34.7 Å². The third-order valence-electron chi connectivity index (χ3n) is 4.19. The van der Waals surface area contributed by atoms with Crippen LogP contribution in [0.5, 0.6) is 0 Å². The van der Waals surface area contributed by atoms with Crippen LogP contribution in [0.2, 0.25) is 0 Å². The number of hydrogen-bond acceptors (Lipinski definition) is 6. The van der Waals surface area contributed by atoms with Gasteiger partial charge in [0.15, 0.2) is 11.9 Å². The molecule has 0 radical (unpaired) electrons. The summed E-state index contributed by atoms with van der Waals surface area (Å²) in [5.74, 6) is -1.52. The van der Waals surface area contributed by atoms with Gasteiger partial charge in [-0.25, -0.2) is 9.37 Å². The highest BCUT2D eigenvalue weighted by molar-refractivity contribution is 7.13. The van der Waals surface area contributed by atoms with Crippen molar-refractivity contribution in [3.8, 4) is 10.6 Å². The number of nitrogens with one attached hydrogen (secondary N) is 1. The van der Waals surface area contributed by atoms with Gasteiger partial charge in [0, 0.05) is 22.2 Å². The minimum absolute atomic E-state index is 0.0715. The number of anilines is 1. The van der Waals surface area contributed by atoms with Gasteiger partial charge >= 0.3 is 5.97 Å². The second kappa shape index (κ2) is 9.41. The van der Waals surface area contributed by atoms with E-state index in [1.807, 2.05) is 0 Å². The number of ketones is 1. The molecule has 0 aliphatic heterocycles. The number of carbonyl (C=O) groups excluding carboxylic acids is 3. The normalized spacial score (nSPS) is 11.6. The highest BCUT2D eigenvalue weighted by Crippen LogP contribution is 2.24. The monoisotopic (exact) mass is 426 g/mol. The van der Waals surface area contributed by atoms with Gasteiger partial charge in [-0.1, -0.05) is 12.1 Å². The molecule has 0 aliphatic carbocycles. The summed E-state index contributed by atoms with van der Waals surface area (Å²) >= 11 is 1.29. The lowest BCUT2D eigenvalue weighted by molar-refractivity contribution is -0.152. The Morgan fingerprint density at radius 3 is 2.57 bits per heavy atom. The number of halogens is 1. The van der Waals surface area contributed by atoms with E-state index in [0.29, 0.717) is 27.5 Å². The fourth-order valence-electron chi connectivity index (χ4n) is 2.61. The van der Waals surface area contributed by atoms with Gasteiger partial charge in [0.25, 0.3) is 5.91 Å². The molecule has 1 N–H and O–H groups in total. The predicted octanol–water partition coefficient (Wildman–Crippen LogP) is 4.26. The van der Waals surface area contributed by atoms with Crippen molar-refractivity contribution < 1.29 is 23.5 Å². The lowest BCUT2D eigenvalue weighted by atomic mass is 10.1. The zero-order valence-corrected chi connectivity index (χ0v) is 17.2. The minimum atomic E-state index is -1.01. The molecule has 0 saturated heterocycles. The van der Waals surface area contributed by atoms with E-state index < -0.39 is 18.0 Å². The van der Waals surface area contributed by atoms with Crippen LogP contribution >= 0.6 is 11.3 Å². The number of Topliss-reactive ketones (excluding diaryl/α,β-unsaturated/α-hetero) is 1. The fourth-order valence-corrected chi connectivity index (χ4v) is 3.43. The standard InChI is InChI=1S/C22H19FN2O4S/c1-13(26)15-6-8-18(9-7-15)24-21(28)14(2)29-20(27)11-19-12-30-22(25-19)16-4-3-5-17(23)10-16/h3-10,12,14H,11H2,1-2H3,(H,24,28). The average Bonchev–Trinajstić information content (AvgIpc) is 3.16. The molecule has 1 atom stereocenters. The lowest BCUT2D eigenvalue weighted by Gasteiger charge is -2.13. The number of benzene rings is 2. The zero-order valence-electron chi connectivity index (χ0n) is 16.3. The third kappa shape index (κ3) is 5.57. The maximum absolute atomic E-state index is 13.4. The number of hydrogen-bond donors (Lipinski definition) is 1. The van der Waals surface area contributed by atoms with Crippen molar-refractivity contribution in [2.24, 2.45) is 0 Å². The Balaban J connectivity index is 1.54. The molecule has 3 rings (SSSR count). The van der Waals surface area contributed by atoms with E-state index in [0.717, 1.165) is 0 Å². The first-order chi connectivity index (χ1) is 14.3. The summed E-state index contributed by atoms with van der Waals surface area (Å²) in [4.78, 5) is 40.0. The van der Waals surface area contributed by atoms with Gasteiger partial charge in [-0.3, -0.25) is 14.4 Å². The average molecular weight is 426 g/mol. The summed E-state index contributed by atoms with van der Waals surface area (Å²) in [6, 6.07) is 12.5. The number of esters is 1. The van der Waals surface area contributed by atoms with Gasteiger partial charge in [0.05, 0.1) is 12.1 Å². The molecule has 0 spiro atoms. The number of rotatable bonds is 7. The van der Waals surface area contributed by atoms with E-state index in [-0.39, 0.29) is 18.0 Å². The van der Waals surface area contributed by atoms with Gasteiger partial charge in [-0.2, -0.15) is 0 Å². The van der Waals surface area contributed by atoms with E-state index in [9.17, 15) is 18.8 Å². The Labute approximate surface area is 176 Å². The SMILES string of the molecule is CC(=O)c1ccc(NC(=O)C(C)OC(=O)Cc2csc(-c3cccc(F)c3)n2)cc1. The van der Waals surface area contributed by atoms with E-state index in [1.165, 1.54) is 37.3 Å². The second-order valence-electron chi connectivity index (χ2n) is 6.59. The van der Waals surface area contributed by atoms with Crippen LogP contribution in [0.15, 0.2) is 53.9 Å². The molecule has 6 nitrogen and oxygen atoms in total.